The first-order valence-corrected chi connectivity index (χ1v) is 5.62. The Morgan fingerprint density at radius 1 is 1.19 bits per heavy atom. The van der Waals surface area contributed by atoms with Gasteiger partial charge >= 0.3 is 12.1 Å². The summed E-state index contributed by atoms with van der Waals surface area (Å²) in [6.07, 6.45) is -7.49. The van der Waals surface area contributed by atoms with Crippen LogP contribution in [0.25, 0.3) is 0 Å². The number of carbonyl (C=O) groups is 2. The fourth-order valence-corrected chi connectivity index (χ4v) is 1.54. The highest BCUT2D eigenvalue weighted by molar-refractivity contribution is 5.84. The predicted molar refractivity (Wildman–Crippen MR) is 60.3 cm³/mol. The molecule has 0 aliphatic carbocycles. The number of halogens is 5. The van der Waals surface area contributed by atoms with Crippen LogP contribution >= 0.6 is 0 Å². The summed E-state index contributed by atoms with van der Waals surface area (Å²) >= 11 is 0. The van der Waals surface area contributed by atoms with E-state index < -0.39 is 54.1 Å². The molecule has 1 amide bonds. The molecule has 1 rings (SSSR count). The predicted octanol–water partition coefficient (Wildman–Crippen LogP) is 2.03. The molecule has 2 N–H and O–H groups in total. The first-order valence-electron chi connectivity index (χ1n) is 5.62. The number of carbonyl (C=O) groups excluding carboxylic acids is 1. The molecule has 0 fully saturated rings. The summed E-state index contributed by atoms with van der Waals surface area (Å²) in [5.41, 5.74) is -0.647. The zero-order chi connectivity index (χ0) is 16.2. The van der Waals surface area contributed by atoms with Crippen LogP contribution in [0.15, 0.2) is 18.2 Å². The minimum Gasteiger partial charge on any atom is -0.480 e. The van der Waals surface area contributed by atoms with Crippen LogP contribution in [0, 0.1) is 11.6 Å². The molecule has 9 heteroatoms. The number of nitrogens with one attached hydrogen (secondary N) is 1. The molecule has 1 aromatic rings. The Bertz CT molecular complexity index is 524. The number of alkyl halides is 3. The maximum atomic E-state index is 13.3. The van der Waals surface area contributed by atoms with E-state index in [1.54, 1.807) is 5.32 Å². The van der Waals surface area contributed by atoms with Gasteiger partial charge < -0.3 is 10.4 Å². The maximum absolute atomic E-state index is 13.3. The van der Waals surface area contributed by atoms with Gasteiger partial charge in [0.25, 0.3) is 0 Å². The molecular formula is C12H10F5NO3. The molecule has 1 unspecified atom stereocenters. The fourth-order valence-electron chi connectivity index (χ4n) is 1.54. The van der Waals surface area contributed by atoms with Gasteiger partial charge in [-0.05, 0) is 12.1 Å². The Morgan fingerprint density at radius 3 is 2.14 bits per heavy atom. The Labute approximate surface area is 115 Å². The Balaban J connectivity index is 2.77. The molecule has 0 aliphatic heterocycles. The quantitative estimate of drug-likeness (QED) is 0.818. The highest BCUT2D eigenvalue weighted by Crippen LogP contribution is 2.22. The second-order valence-corrected chi connectivity index (χ2v) is 4.15. The van der Waals surface area contributed by atoms with E-state index >= 15 is 0 Å². The number of amides is 1. The van der Waals surface area contributed by atoms with Gasteiger partial charge in [-0.2, -0.15) is 13.2 Å². The lowest BCUT2D eigenvalue weighted by Gasteiger charge is -2.16. The van der Waals surface area contributed by atoms with Crippen LogP contribution in [0.2, 0.25) is 0 Å². The Hall–Kier alpha value is -2.19. The molecule has 0 spiro atoms. The van der Waals surface area contributed by atoms with E-state index in [0.717, 1.165) is 18.2 Å². The molecule has 0 bridgehead atoms. The smallest absolute Gasteiger partial charge is 0.391 e. The van der Waals surface area contributed by atoms with Gasteiger partial charge in [0, 0.05) is 5.56 Å². The van der Waals surface area contributed by atoms with Gasteiger partial charge in [-0.3, -0.25) is 4.79 Å². The first kappa shape index (κ1) is 16.9. The molecule has 0 saturated heterocycles. The van der Waals surface area contributed by atoms with Gasteiger partial charge in [-0.15, -0.1) is 0 Å². The van der Waals surface area contributed by atoms with Crippen LogP contribution in [0.1, 0.15) is 12.0 Å². The molecule has 0 aromatic heterocycles. The lowest BCUT2D eigenvalue weighted by molar-refractivity contribution is -0.159. The number of hydrogen-bond acceptors (Lipinski definition) is 2. The van der Waals surface area contributed by atoms with Crippen molar-refractivity contribution in [1.82, 2.24) is 5.32 Å². The number of rotatable bonds is 5. The number of hydrogen-bond donors (Lipinski definition) is 2. The summed E-state index contributed by atoms with van der Waals surface area (Å²) in [7, 11) is 0. The van der Waals surface area contributed by atoms with Gasteiger partial charge in [0.15, 0.2) is 0 Å². The molecule has 4 nitrogen and oxygen atoms in total. The topological polar surface area (TPSA) is 66.4 Å². The van der Waals surface area contributed by atoms with Gasteiger partial charge in [0.1, 0.15) is 17.7 Å². The summed E-state index contributed by atoms with van der Waals surface area (Å²) in [6.45, 7) is 0. The van der Waals surface area contributed by atoms with Crippen molar-refractivity contribution in [3.63, 3.8) is 0 Å². The molecule has 0 radical (unpaired) electrons. The lowest BCUT2D eigenvalue weighted by Crippen LogP contribution is -2.44. The van der Waals surface area contributed by atoms with Crippen molar-refractivity contribution in [1.29, 1.82) is 0 Å². The van der Waals surface area contributed by atoms with Crippen molar-refractivity contribution in [2.75, 3.05) is 0 Å². The number of carboxylic acids is 1. The van der Waals surface area contributed by atoms with E-state index in [1.807, 2.05) is 0 Å². The van der Waals surface area contributed by atoms with E-state index in [1.165, 1.54) is 0 Å². The lowest BCUT2D eigenvalue weighted by atomic mass is 10.1. The standard InChI is InChI=1S/C12H10F5NO3/c13-7-2-1-3-8(14)6(7)4-10(19)18-9(11(20)21)5-12(15,16)17/h1-3,9H,4-5H2,(H,18,19)(H,20,21). The van der Waals surface area contributed by atoms with Crippen molar-refractivity contribution < 1.29 is 36.6 Å². The van der Waals surface area contributed by atoms with Crippen molar-refractivity contribution >= 4 is 11.9 Å². The third-order valence-corrected chi connectivity index (χ3v) is 2.47. The van der Waals surface area contributed by atoms with Gasteiger partial charge in [0.2, 0.25) is 5.91 Å². The second-order valence-electron chi connectivity index (χ2n) is 4.15. The highest BCUT2D eigenvalue weighted by atomic mass is 19.4. The zero-order valence-electron chi connectivity index (χ0n) is 10.4. The molecule has 1 aromatic carbocycles. The molecule has 21 heavy (non-hydrogen) atoms. The third kappa shape index (κ3) is 5.36. The molecule has 0 aliphatic rings. The second kappa shape index (κ2) is 6.51. The first-order chi connectivity index (χ1) is 9.60. The van der Waals surface area contributed by atoms with Crippen molar-refractivity contribution in [2.24, 2.45) is 0 Å². The molecule has 1 atom stereocenters. The molecule has 0 saturated carbocycles. The van der Waals surface area contributed by atoms with E-state index in [2.05, 4.69) is 0 Å². The molecule has 0 heterocycles. The number of benzene rings is 1. The summed E-state index contributed by atoms with van der Waals surface area (Å²) in [6, 6.07) is 0.578. The van der Waals surface area contributed by atoms with Crippen molar-refractivity contribution in [3.8, 4) is 0 Å². The van der Waals surface area contributed by atoms with Crippen molar-refractivity contribution in [3.05, 3.63) is 35.4 Å². The van der Waals surface area contributed by atoms with Crippen LogP contribution in [-0.4, -0.2) is 29.2 Å². The van der Waals surface area contributed by atoms with E-state index in [9.17, 15) is 31.5 Å². The van der Waals surface area contributed by atoms with Crippen LogP contribution < -0.4 is 5.32 Å². The average molecular weight is 311 g/mol. The summed E-state index contributed by atoms with van der Waals surface area (Å²) in [5.74, 6) is -5.22. The van der Waals surface area contributed by atoms with E-state index in [0.29, 0.717) is 0 Å². The summed E-state index contributed by atoms with van der Waals surface area (Å²) < 4.78 is 62.9. The highest BCUT2D eigenvalue weighted by Gasteiger charge is 2.36. The normalized spacial score (nSPS) is 12.8. The van der Waals surface area contributed by atoms with E-state index in [-0.39, 0.29) is 0 Å². The number of carboxylic acid groups (broad SMARTS) is 1. The van der Waals surface area contributed by atoms with Crippen molar-refractivity contribution in [2.45, 2.75) is 25.1 Å². The fraction of sp³-hybridized carbons (Fsp3) is 0.333. The van der Waals surface area contributed by atoms with Crippen LogP contribution in [0.5, 0.6) is 0 Å². The minimum absolute atomic E-state index is 0.647. The average Bonchev–Trinajstić information content (AvgIpc) is 2.31. The SMILES string of the molecule is O=C(Cc1c(F)cccc1F)NC(CC(F)(F)F)C(=O)O. The van der Waals surface area contributed by atoms with Gasteiger partial charge in [-0.1, -0.05) is 6.07 Å². The zero-order valence-corrected chi connectivity index (χ0v) is 10.4. The van der Waals surface area contributed by atoms with Crippen LogP contribution in [-0.2, 0) is 16.0 Å². The van der Waals surface area contributed by atoms with Crippen LogP contribution in [0.4, 0.5) is 22.0 Å². The Kier molecular flexibility index (Phi) is 5.23. The maximum Gasteiger partial charge on any atom is 0.391 e. The van der Waals surface area contributed by atoms with Crippen LogP contribution in [0.3, 0.4) is 0 Å². The third-order valence-electron chi connectivity index (χ3n) is 2.47. The van der Waals surface area contributed by atoms with Gasteiger partial charge in [-0.25, -0.2) is 13.6 Å². The van der Waals surface area contributed by atoms with Gasteiger partial charge in [0.05, 0.1) is 12.8 Å². The number of aliphatic carboxylic acids is 1. The Morgan fingerprint density at radius 2 is 1.71 bits per heavy atom. The monoisotopic (exact) mass is 311 g/mol. The largest absolute Gasteiger partial charge is 0.480 e. The molecule has 116 valence electrons. The summed E-state index contributed by atoms with van der Waals surface area (Å²) in [5, 5.41) is 10.2. The minimum atomic E-state index is -4.81. The van der Waals surface area contributed by atoms with E-state index in [4.69, 9.17) is 5.11 Å². The summed E-state index contributed by atoms with van der Waals surface area (Å²) in [4.78, 5) is 22.1. The molecular weight excluding hydrogens is 301 g/mol.